The first-order valence-electron chi connectivity index (χ1n) is 13.7. The van der Waals surface area contributed by atoms with Gasteiger partial charge in [-0.1, -0.05) is 31.1 Å². The Morgan fingerprint density at radius 1 is 1.18 bits per heavy atom. The zero-order valence-corrected chi connectivity index (χ0v) is 23.1. The van der Waals surface area contributed by atoms with E-state index in [0.29, 0.717) is 24.8 Å². The number of aliphatic hydroxyl groups is 3. The van der Waals surface area contributed by atoms with Gasteiger partial charge in [0, 0.05) is 30.3 Å². The molecule has 0 amide bonds. The van der Waals surface area contributed by atoms with Crippen LogP contribution < -0.4 is 0 Å². The summed E-state index contributed by atoms with van der Waals surface area (Å²) in [5.41, 5.74) is -3.01. The van der Waals surface area contributed by atoms with Crippen molar-refractivity contribution in [3.05, 3.63) is 34.9 Å². The highest BCUT2D eigenvalue weighted by molar-refractivity contribution is 5.97. The minimum atomic E-state index is -1.64. The van der Waals surface area contributed by atoms with Crippen molar-refractivity contribution in [2.75, 3.05) is 0 Å². The Bertz CT molecular complexity index is 1180. The van der Waals surface area contributed by atoms with Gasteiger partial charge in [-0.2, -0.15) is 0 Å². The molecule has 208 valence electrons. The smallest absolute Gasteiger partial charge is 0.333 e. The Kier molecular flexibility index (Phi) is 6.18. The van der Waals surface area contributed by atoms with E-state index in [-0.39, 0.29) is 30.5 Å². The molecule has 1 aliphatic heterocycles. The number of carbonyl (C=O) groups excluding carboxylic acids is 3. The fraction of sp³-hybridized carbons (Fsp3) is 0.700. The van der Waals surface area contributed by atoms with E-state index < -0.39 is 58.1 Å². The van der Waals surface area contributed by atoms with Crippen molar-refractivity contribution in [2.24, 2.45) is 28.6 Å². The lowest BCUT2D eigenvalue weighted by atomic mass is 9.41. The molecule has 0 aromatic carbocycles. The largest absolute Gasteiger partial charge is 0.458 e. The molecule has 8 nitrogen and oxygen atoms in total. The van der Waals surface area contributed by atoms with E-state index in [9.17, 15) is 29.7 Å². The van der Waals surface area contributed by atoms with Gasteiger partial charge in [0.25, 0.3) is 0 Å². The summed E-state index contributed by atoms with van der Waals surface area (Å²) in [6, 6.07) is 0. The Morgan fingerprint density at radius 3 is 2.50 bits per heavy atom. The average molecular weight is 529 g/mol. The second-order valence-corrected chi connectivity index (χ2v) is 12.8. The first-order chi connectivity index (χ1) is 17.6. The molecule has 0 spiro atoms. The van der Waals surface area contributed by atoms with Gasteiger partial charge < -0.3 is 24.8 Å². The van der Waals surface area contributed by atoms with Crippen molar-refractivity contribution in [1.82, 2.24) is 0 Å². The molecule has 38 heavy (non-hydrogen) atoms. The van der Waals surface area contributed by atoms with Crippen LogP contribution >= 0.6 is 0 Å². The van der Waals surface area contributed by atoms with Gasteiger partial charge in [-0.25, -0.2) is 4.79 Å². The number of ketones is 1. The van der Waals surface area contributed by atoms with Gasteiger partial charge in [-0.05, 0) is 70.4 Å². The van der Waals surface area contributed by atoms with E-state index >= 15 is 0 Å². The van der Waals surface area contributed by atoms with E-state index in [0.717, 1.165) is 11.1 Å². The van der Waals surface area contributed by atoms with Crippen molar-refractivity contribution < 1.29 is 39.2 Å². The molecule has 1 heterocycles. The van der Waals surface area contributed by atoms with Crippen LogP contribution in [0, 0.1) is 28.6 Å². The summed E-state index contributed by atoms with van der Waals surface area (Å²) in [7, 11) is 0. The molecule has 0 radical (unpaired) electrons. The Morgan fingerprint density at radius 2 is 1.87 bits per heavy atom. The van der Waals surface area contributed by atoms with Crippen LogP contribution in [0.25, 0.3) is 0 Å². The number of esters is 2. The molecule has 0 saturated heterocycles. The quantitative estimate of drug-likeness (QED) is 0.377. The summed E-state index contributed by atoms with van der Waals surface area (Å²) in [6.45, 7) is 10.6. The minimum Gasteiger partial charge on any atom is -0.458 e. The van der Waals surface area contributed by atoms with Crippen molar-refractivity contribution in [3.63, 3.8) is 0 Å². The molecule has 8 heteroatoms. The maximum atomic E-state index is 13.4. The zero-order valence-electron chi connectivity index (χ0n) is 23.1. The highest BCUT2D eigenvalue weighted by atomic mass is 16.6. The molecule has 0 aromatic rings. The van der Waals surface area contributed by atoms with Crippen LogP contribution in [0.4, 0.5) is 0 Å². The normalized spacial score (nSPS) is 47.0. The molecule has 5 rings (SSSR count). The number of hydrogen-bond donors (Lipinski definition) is 3. The summed E-state index contributed by atoms with van der Waals surface area (Å²) in [5, 5.41) is 35.7. The summed E-state index contributed by atoms with van der Waals surface area (Å²) in [4.78, 5) is 38.1. The summed E-state index contributed by atoms with van der Waals surface area (Å²) in [6.07, 6.45) is 4.00. The van der Waals surface area contributed by atoms with Gasteiger partial charge in [0.1, 0.15) is 23.4 Å². The first-order valence-corrected chi connectivity index (χ1v) is 13.7. The van der Waals surface area contributed by atoms with Gasteiger partial charge in [-0.15, -0.1) is 0 Å². The van der Waals surface area contributed by atoms with Crippen molar-refractivity contribution in [1.29, 1.82) is 0 Å². The molecular weight excluding hydrogens is 488 g/mol. The van der Waals surface area contributed by atoms with Crippen LogP contribution in [0.15, 0.2) is 34.9 Å². The lowest BCUT2D eigenvalue weighted by Gasteiger charge is -2.65. The predicted molar refractivity (Wildman–Crippen MR) is 137 cm³/mol. The standard InChI is InChI=1S/C30H40O8/c1-15-12-22(38-26(34)16(15)2)17(3)20-14-25(37-18(4)31)30(36)21-13-24(33)29(35)10-7-8-23(32)28(29,6)19(21)9-11-27(20,30)5/h7-8,14,17,19,21-22,24-25,33,35-36H,9-13H2,1-6H3. The van der Waals surface area contributed by atoms with E-state index in [1.165, 1.54) is 13.0 Å². The topological polar surface area (TPSA) is 130 Å². The molecule has 0 bridgehead atoms. The lowest BCUT2D eigenvalue weighted by molar-refractivity contribution is -0.273. The predicted octanol–water partition coefficient (Wildman–Crippen LogP) is 2.94. The molecule has 3 N–H and O–H groups in total. The van der Waals surface area contributed by atoms with Crippen molar-refractivity contribution in [2.45, 2.75) is 103 Å². The Hall–Kier alpha value is -2.29. The van der Waals surface area contributed by atoms with Crippen LogP contribution in [0.1, 0.15) is 73.6 Å². The number of rotatable bonds is 3. The molecule has 0 aromatic heterocycles. The minimum absolute atomic E-state index is 0.0662. The first kappa shape index (κ1) is 27.3. The van der Waals surface area contributed by atoms with Gasteiger partial charge in [0.05, 0.1) is 11.5 Å². The van der Waals surface area contributed by atoms with Gasteiger partial charge in [0.15, 0.2) is 5.78 Å². The van der Waals surface area contributed by atoms with Crippen LogP contribution in [0.5, 0.6) is 0 Å². The van der Waals surface area contributed by atoms with Gasteiger partial charge >= 0.3 is 11.9 Å². The molecule has 2 fully saturated rings. The third kappa shape index (κ3) is 3.29. The third-order valence-electron chi connectivity index (χ3n) is 11.2. The van der Waals surface area contributed by atoms with Gasteiger partial charge in [0.2, 0.25) is 0 Å². The van der Waals surface area contributed by atoms with Crippen molar-refractivity contribution in [3.8, 4) is 0 Å². The van der Waals surface area contributed by atoms with E-state index in [4.69, 9.17) is 9.47 Å². The van der Waals surface area contributed by atoms with E-state index in [1.54, 1.807) is 26.0 Å². The zero-order chi connectivity index (χ0) is 28.0. The monoisotopic (exact) mass is 528 g/mol. The van der Waals surface area contributed by atoms with Crippen LogP contribution in [-0.2, 0) is 23.9 Å². The van der Waals surface area contributed by atoms with E-state index in [1.807, 2.05) is 20.8 Å². The number of carbonyl (C=O) groups is 3. The molecule has 10 atom stereocenters. The maximum absolute atomic E-state index is 13.4. The summed E-state index contributed by atoms with van der Waals surface area (Å²) in [5.74, 6) is -2.49. The number of cyclic esters (lactones) is 1. The second-order valence-electron chi connectivity index (χ2n) is 12.8. The summed E-state index contributed by atoms with van der Waals surface area (Å²) < 4.78 is 11.6. The highest BCUT2D eigenvalue weighted by Crippen LogP contribution is 2.69. The SMILES string of the molecule is CC(=O)OC1C=C(C(C)C2CC(C)=C(C)C(=O)O2)C2(C)CCC3C(CC(O)C4(O)CC=CC(=O)C34C)C12O. The number of allylic oxidation sites excluding steroid dienone is 1. The van der Waals surface area contributed by atoms with Gasteiger partial charge in [-0.3, -0.25) is 9.59 Å². The molecule has 2 saturated carbocycles. The lowest BCUT2D eigenvalue weighted by Crippen LogP contribution is -2.74. The number of aliphatic hydroxyl groups excluding tert-OH is 1. The molecule has 5 aliphatic rings. The Labute approximate surface area is 223 Å². The van der Waals surface area contributed by atoms with Crippen LogP contribution in [0.2, 0.25) is 0 Å². The number of fused-ring (bicyclic) bond motifs is 5. The highest BCUT2D eigenvalue weighted by Gasteiger charge is 2.74. The average Bonchev–Trinajstić information content (AvgIpc) is 3.07. The molecule has 10 unspecified atom stereocenters. The second kappa shape index (κ2) is 8.60. The fourth-order valence-electron chi connectivity index (χ4n) is 8.67. The molecular formula is C30H40O8. The van der Waals surface area contributed by atoms with Crippen molar-refractivity contribution >= 4 is 17.7 Å². The third-order valence-corrected chi connectivity index (χ3v) is 11.2. The summed E-state index contributed by atoms with van der Waals surface area (Å²) >= 11 is 0. The maximum Gasteiger partial charge on any atom is 0.333 e. The van der Waals surface area contributed by atoms with E-state index in [2.05, 4.69) is 0 Å². The van der Waals surface area contributed by atoms with Crippen LogP contribution in [-0.4, -0.2) is 62.6 Å². The Balaban J connectivity index is 1.59. The number of hydrogen-bond acceptors (Lipinski definition) is 8. The number of ether oxygens (including phenoxy) is 2. The van der Waals surface area contributed by atoms with Crippen LogP contribution in [0.3, 0.4) is 0 Å². The fourth-order valence-corrected chi connectivity index (χ4v) is 8.67. The molecule has 4 aliphatic carbocycles.